The van der Waals surface area contributed by atoms with Gasteiger partial charge in [-0.3, -0.25) is 13.9 Å². The number of carboxylic acid groups (broad SMARTS) is 1. The van der Waals surface area contributed by atoms with E-state index in [1.165, 1.54) is 60.7 Å². The van der Waals surface area contributed by atoms with Crippen LogP contribution in [0.15, 0.2) is 92.4 Å². The molecule has 3 aromatic heterocycles. The molecule has 1 radical (unpaired) electrons. The summed E-state index contributed by atoms with van der Waals surface area (Å²) >= 11 is 0. The molecule has 5 heterocycles. The summed E-state index contributed by atoms with van der Waals surface area (Å²) < 4.78 is 128. The second kappa shape index (κ2) is 15.8. The van der Waals surface area contributed by atoms with E-state index >= 15 is 0 Å². The van der Waals surface area contributed by atoms with Crippen molar-refractivity contribution in [2.24, 2.45) is 5.14 Å². The van der Waals surface area contributed by atoms with Crippen molar-refractivity contribution in [2.45, 2.75) is 19.6 Å². The molecule has 0 saturated carbocycles. The first-order valence-electron chi connectivity index (χ1n) is 17.9. The SMILES string of the molecule is NS(=O)(=O)c1cccc2c1-c1nc-2nc2[n-]c(nc3[n-]c(nc4nc(n1)-c1cccc(S(=O)(=O)O)c1-4)c1cccc(S(=O)(=O)O)c31)c1cccc(S(=O)(=O)NCCNCC(=O)O)c21.[Cu+2]. The Morgan fingerprint density at radius 2 is 1.02 bits per heavy atom. The van der Waals surface area contributed by atoms with E-state index in [0.29, 0.717) is 0 Å². The van der Waals surface area contributed by atoms with Crippen molar-refractivity contribution in [3.05, 3.63) is 72.8 Å². The average molecular weight is 995 g/mol. The summed E-state index contributed by atoms with van der Waals surface area (Å²) in [5.74, 6) is -2.50. The molecule has 0 aliphatic carbocycles. The van der Waals surface area contributed by atoms with Crippen LogP contribution in [0.1, 0.15) is 0 Å². The number of benzene rings is 4. The Morgan fingerprint density at radius 1 is 0.562 bits per heavy atom. The predicted molar refractivity (Wildman–Crippen MR) is 221 cm³/mol. The number of rotatable bonds is 10. The fraction of sp³-hybridized carbons (Fsp3) is 0.0833. The molecule has 0 amide bonds. The molecule has 2 aliphatic heterocycles. The van der Waals surface area contributed by atoms with Crippen LogP contribution in [0.2, 0.25) is 0 Å². The van der Waals surface area contributed by atoms with Crippen molar-refractivity contribution in [2.75, 3.05) is 19.6 Å². The second-order valence-corrected chi connectivity index (χ2v) is 19.7. The summed E-state index contributed by atoms with van der Waals surface area (Å²) in [5.41, 5.74) is -1.83. The Morgan fingerprint density at radius 3 is 1.59 bits per heavy atom. The molecule has 0 saturated heterocycles. The third-order valence-corrected chi connectivity index (χ3v) is 13.9. The smallest absolute Gasteiger partial charge is 0.480 e. The first-order valence-corrected chi connectivity index (χ1v) is 23.8. The van der Waals surface area contributed by atoms with Gasteiger partial charge in [-0.15, -0.1) is 0 Å². The van der Waals surface area contributed by atoms with Crippen LogP contribution in [-0.4, -0.2) is 103 Å². The molecular formula is C36H25CuN11O12S4. The van der Waals surface area contributed by atoms with Gasteiger partial charge in [-0.2, -0.15) is 16.8 Å². The van der Waals surface area contributed by atoms with E-state index in [-0.39, 0.29) is 108 Å². The summed E-state index contributed by atoms with van der Waals surface area (Å²) in [6.45, 7) is -0.776. The van der Waals surface area contributed by atoms with Gasteiger partial charge in [0.2, 0.25) is 20.0 Å². The maximum Gasteiger partial charge on any atom is 2.00 e. The molecule has 64 heavy (non-hydrogen) atoms. The quantitative estimate of drug-likeness (QED) is 0.0637. The Kier molecular flexibility index (Phi) is 11.0. The molecule has 7 N–H and O–H groups in total. The topological polar surface area (TPSA) is 370 Å². The minimum atomic E-state index is -5.01. The summed E-state index contributed by atoms with van der Waals surface area (Å²) in [7, 11) is -19.0. The third-order valence-electron chi connectivity index (χ3n) is 9.68. The van der Waals surface area contributed by atoms with Gasteiger partial charge in [0.25, 0.3) is 20.2 Å². The monoisotopic (exact) mass is 994 g/mol. The number of aromatic nitrogens is 8. The summed E-state index contributed by atoms with van der Waals surface area (Å²) in [6, 6.07) is 15.4. The molecule has 8 bridgehead atoms. The van der Waals surface area contributed by atoms with Crippen LogP contribution < -0.4 is 25.1 Å². The van der Waals surface area contributed by atoms with Crippen molar-refractivity contribution < 1.29 is 69.7 Å². The number of carbonyl (C=O) groups is 1. The summed E-state index contributed by atoms with van der Waals surface area (Å²) in [5, 5.41) is 16.7. The standard InChI is InChI=1S/C36H26N11O12S4.Cu/c37-60(50,51)20-9-1-5-16-25(20)33-40-29(16)42-34-26-17(6-2-10-21(26)61(52,53)39-14-13-38-15-24(48)49)30(43-34)44-35-28-19(8-4-12-23(28)63(57,58)59)32(46-35)47-36-27-18(31(41-33)45-36)7-3-11-22(27)62(54,55)56;/h1-12,38-39H,13-15H2,(H6-,37,40,41,42,43,44,45,46,47,48,49,50,51,54,55,56,57,58,59);/q-1;+2/p-1. The van der Waals surface area contributed by atoms with Crippen LogP contribution in [-0.2, 0) is 62.1 Å². The number of carboxylic acids is 1. The normalized spacial score (nSPS) is 12.8. The van der Waals surface area contributed by atoms with Crippen LogP contribution in [0.25, 0.3) is 89.7 Å². The van der Waals surface area contributed by atoms with E-state index in [4.69, 9.17) is 10.2 Å². The van der Waals surface area contributed by atoms with Crippen LogP contribution in [0.3, 0.4) is 0 Å². The molecule has 0 unspecified atom stereocenters. The Labute approximate surface area is 370 Å². The molecule has 0 fully saturated rings. The number of hydrogen-bond donors (Lipinski definition) is 6. The second-order valence-electron chi connectivity index (χ2n) is 13.7. The molecule has 4 aromatic carbocycles. The van der Waals surface area contributed by atoms with Gasteiger partial charge in [-0.05, 0) is 35.0 Å². The molecule has 28 heteroatoms. The Bertz CT molecular complexity index is 3830. The Balaban J connectivity index is 0.00000560. The van der Waals surface area contributed by atoms with E-state index < -0.39 is 83.9 Å². The van der Waals surface area contributed by atoms with Gasteiger partial charge in [-0.25, -0.2) is 41.6 Å². The number of primary sulfonamides is 1. The molecule has 7 aromatic rings. The minimum Gasteiger partial charge on any atom is -0.480 e. The average Bonchev–Trinajstić information content (AvgIpc) is 3.95. The Hall–Kier alpha value is -6.17. The zero-order valence-corrected chi connectivity index (χ0v) is 35.9. The van der Waals surface area contributed by atoms with Crippen molar-refractivity contribution in [3.8, 4) is 45.6 Å². The molecule has 9 rings (SSSR count). The van der Waals surface area contributed by atoms with E-state index in [9.17, 15) is 47.6 Å². The van der Waals surface area contributed by atoms with Gasteiger partial charge >= 0.3 is 23.0 Å². The van der Waals surface area contributed by atoms with Crippen molar-refractivity contribution in [3.63, 3.8) is 0 Å². The molecule has 0 atom stereocenters. The van der Waals surface area contributed by atoms with E-state index in [2.05, 4.69) is 49.9 Å². The van der Waals surface area contributed by atoms with Gasteiger partial charge in [0, 0.05) is 68.7 Å². The van der Waals surface area contributed by atoms with Gasteiger partial charge in [0.1, 0.15) is 9.79 Å². The van der Waals surface area contributed by atoms with Crippen LogP contribution >= 0.6 is 0 Å². The largest absolute Gasteiger partial charge is 2.00 e. The van der Waals surface area contributed by atoms with Crippen LogP contribution in [0, 0.1) is 0 Å². The number of nitrogens with zero attached hydrogens (tertiary/aromatic N) is 8. The minimum absolute atomic E-state index is 0. The molecular weight excluding hydrogens is 970 g/mol. The molecule has 0 spiro atoms. The molecule has 331 valence electrons. The number of fused-ring (bicyclic) bond motifs is 20. The molecule has 2 aliphatic rings. The maximum atomic E-state index is 14.0. The zero-order valence-electron chi connectivity index (χ0n) is 31.7. The van der Waals surface area contributed by atoms with Gasteiger partial charge in [0.05, 0.1) is 28.0 Å². The van der Waals surface area contributed by atoms with Gasteiger partial charge in [-0.1, -0.05) is 48.5 Å². The van der Waals surface area contributed by atoms with Crippen molar-refractivity contribution in [1.82, 2.24) is 49.9 Å². The van der Waals surface area contributed by atoms with Crippen molar-refractivity contribution in [1.29, 1.82) is 0 Å². The van der Waals surface area contributed by atoms with Crippen LogP contribution in [0.5, 0.6) is 0 Å². The van der Waals surface area contributed by atoms with E-state index in [0.717, 1.165) is 12.1 Å². The maximum absolute atomic E-state index is 14.0. The fourth-order valence-corrected chi connectivity index (χ4v) is 10.6. The summed E-state index contributed by atoms with van der Waals surface area (Å²) in [4.78, 5) is 45.0. The fourth-order valence-electron chi connectivity index (χ4n) is 7.16. The molecule has 23 nitrogen and oxygen atoms in total. The van der Waals surface area contributed by atoms with E-state index in [1.807, 2.05) is 0 Å². The summed E-state index contributed by atoms with van der Waals surface area (Å²) in [6.07, 6.45) is 0. The number of sulfonamides is 2. The van der Waals surface area contributed by atoms with Gasteiger partial charge in [0.15, 0.2) is 11.6 Å². The number of hydrogen-bond acceptors (Lipinski definition) is 16. The number of nitrogens with one attached hydrogen (secondary N) is 2. The van der Waals surface area contributed by atoms with E-state index in [1.54, 1.807) is 0 Å². The first kappa shape index (κ1) is 44.4. The van der Waals surface area contributed by atoms with Gasteiger partial charge < -0.3 is 35.3 Å². The zero-order chi connectivity index (χ0) is 44.8. The van der Waals surface area contributed by atoms with Crippen molar-refractivity contribution >= 4 is 90.4 Å². The first-order chi connectivity index (χ1) is 29.7. The third kappa shape index (κ3) is 7.79. The predicted octanol–water partition coefficient (Wildman–Crippen LogP) is 1.22. The number of nitrogens with two attached hydrogens (primary N) is 1. The number of aliphatic carboxylic acids is 1. The van der Waals surface area contributed by atoms with Crippen LogP contribution in [0.4, 0.5) is 0 Å².